The van der Waals surface area contributed by atoms with Crippen molar-refractivity contribution in [2.75, 3.05) is 13.2 Å². The Morgan fingerprint density at radius 2 is 1.91 bits per heavy atom. The Bertz CT molecular complexity index is 1340. The van der Waals surface area contributed by atoms with E-state index in [9.17, 15) is 13.2 Å². The van der Waals surface area contributed by atoms with E-state index in [0.29, 0.717) is 12.0 Å². The molecule has 2 N–H and O–H groups in total. The SMILES string of the molecule is O=C(CN(Cc1ccc(-n2cncn2)cc1)S(=O)(=O)c1ccccc1OCCc1ccoc1)NO. The van der Waals surface area contributed by atoms with Gasteiger partial charge < -0.3 is 9.15 Å². The molecule has 0 unspecified atom stereocenters. The fourth-order valence-corrected chi connectivity index (χ4v) is 4.87. The number of para-hydroxylation sites is 1. The number of hydroxylamine groups is 1. The molecule has 0 spiro atoms. The second kappa shape index (κ2) is 11.0. The minimum atomic E-state index is -4.18. The number of sulfonamides is 1. The fourth-order valence-electron chi connectivity index (χ4n) is 3.36. The molecule has 4 aromatic rings. The summed E-state index contributed by atoms with van der Waals surface area (Å²) in [4.78, 5) is 15.8. The van der Waals surface area contributed by atoms with E-state index >= 15 is 0 Å². The molecular formula is C23H23N5O6S. The van der Waals surface area contributed by atoms with Crippen LogP contribution < -0.4 is 10.2 Å². The maximum atomic E-state index is 13.6. The standard InChI is InChI=1S/C23H23N5O6S/c29-23(26-30)14-27(13-18-5-7-20(8-6-18)28-17-24-16-25-28)35(31,32)22-4-2-1-3-21(22)34-12-10-19-9-11-33-15-19/h1-9,11,15-17,30H,10,12-14H2,(H,26,29). The van der Waals surface area contributed by atoms with Crippen LogP contribution in [0.1, 0.15) is 11.1 Å². The van der Waals surface area contributed by atoms with Gasteiger partial charge in [0.1, 0.15) is 23.3 Å². The lowest BCUT2D eigenvalue weighted by molar-refractivity contribution is -0.129. The summed E-state index contributed by atoms with van der Waals surface area (Å²) in [5.74, 6) is -0.710. The van der Waals surface area contributed by atoms with E-state index in [4.69, 9.17) is 14.4 Å². The Morgan fingerprint density at radius 3 is 2.60 bits per heavy atom. The summed E-state index contributed by atoms with van der Waals surface area (Å²) in [6, 6.07) is 15.0. The Kier molecular flexibility index (Phi) is 7.55. The maximum absolute atomic E-state index is 13.6. The molecule has 0 atom stereocenters. The second-order valence-electron chi connectivity index (χ2n) is 7.49. The minimum absolute atomic E-state index is 0.0860. The lowest BCUT2D eigenvalue weighted by Gasteiger charge is -2.23. The number of benzene rings is 2. The first-order valence-corrected chi connectivity index (χ1v) is 12.0. The van der Waals surface area contributed by atoms with Gasteiger partial charge in [0.2, 0.25) is 10.0 Å². The van der Waals surface area contributed by atoms with Crippen molar-refractivity contribution in [3.8, 4) is 11.4 Å². The van der Waals surface area contributed by atoms with Gasteiger partial charge in [-0.05, 0) is 41.5 Å². The van der Waals surface area contributed by atoms with Gasteiger partial charge in [-0.25, -0.2) is 23.6 Å². The van der Waals surface area contributed by atoms with Crippen LogP contribution in [0.4, 0.5) is 0 Å². The molecule has 0 saturated carbocycles. The van der Waals surface area contributed by atoms with E-state index in [0.717, 1.165) is 15.6 Å². The molecule has 0 aliphatic rings. The third-order valence-corrected chi connectivity index (χ3v) is 6.95. The van der Waals surface area contributed by atoms with Gasteiger partial charge in [0.15, 0.2) is 0 Å². The van der Waals surface area contributed by atoms with Crippen LogP contribution in [-0.2, 0) is 27.8 Å². The normalized spacial score (nSPS) is 11.5. The van der Waals surface area contributed by atoms with Crippen molar-refractivity contribution in [3.63, 3.8) is 0 Å². The minimum Gasteiger partial charge on any atom is -0.492 e. The molecule has 2 aromatic carbocycles. The number of carbonyl (C=O) groups is 1. The molecule has 0 saturated heterocycles. The zero-order chi connectivity index (χ0) is 24.7. The van der Waals surface area contributed by atoms with Crippen molar-refractivity contribution in [1.82, 2.24) is 24.5 Å². The lowest BCUT2D eigenvalue weighted by Crippen LogP contribution is -2.39. The summed E-state index contributed by atoms with van der Waals surface area (Å²) in [5.41, 5.74) is 3.78. The number of hydrogen-bond donors (Lipinski definition) is 2. The number of rotatable bonds is 11. The van der Waals surface area contributed by atoms with Crippen molar-refractivity contribution in [3.05, 3.63) is 90.9 Å². The summed E-state index contributed by atoms with van der Waals surface area (Å²) < 4.78 is 40.5. The number of amides is 1. The van der Waals surface area contributed by atoms with E-state index in [2.05, 4.69) is 10.1 Å². The zero-order valence-corrected chi connectivity index (χ0v) is 19.3. The van der Waals surface area contributed by atoms with Crippen molar-refractivity contribution in [1.29, 1.82) is 0 Å². The van der Waals surface area contributed by atoms with Crippen LogP contribution >= 0.6 is 0 Å². The number of carbonyl (C=O) groups excluding carboxylic acids is 1. The molecule has 0 aliphatic carbocycles. The number of aromatic nitrogens is 3. The molecule has 0 fully saturated rings. The summed E-state index contributed by atoms with van der Waals surface area (Å²) in [6.45, 7) is -0.475. The maximum Gasteiger partial charge on any atom is 0.258 e. The van der Waals surface area contributed by atoms with Crippen LogP contribution in [0.25, 0.3) is 5.69 Å². The molecule has 2 heterocycles. The molecule has 11 nitrogen and oxygen atoms in total. The van der Waals surface area contributed by atoms with Crippen molar-refractivity contribution >= 4 is 15.9 Å². The van der Waals surface area contributed by atoms with E-state index < -0.39 is 22.5 Å². The highest BCUT2D eigenvalue weighted by Gasteiger charge is 2.29. The van der Waals surface area contributed by atoms with Gasteiger partial charge in [0, 0.05) is 13.0 Å². The predicted octanol–water partition coefficient (Wildman–Crippen LogP) is 2.18. The Labute approximate surface area is 201 Å². The smallest absolute Gasteiger partial charge is 0.258 e. The molecule has 1 amide bonds. The molecular weight excluding hydrogens is 474 g/mol. The molecule has 0 radical (unpaired) electrons. The van der Waals surface area contributed by atoms with Gasteiger partial charge >= 0.3 is 0 Å². The van der Waals surface area contributed by atoms with Gasteiger partial charge in [0.05, 0.1) is 31.4 Å². The van der Waals surface area contributed by atoms with Crippen LogP contribution in [-0.4, -0.2) is 51.8 Å². The first-order chi connectivity index (χ1) is 17.0. The summed E-state index contributed by atoms with van der Waals surface area (Å²) in [6.07, 6.45) is 6.62. The number of hydrogen-bond acceptors (Lipinski definition) is 8. The first-order valence-electron chi connectivity index (χ1n) is 10.6. The van der Waals surface area contributed by atoms with Crippen LogP contribution in [0.5, 0.6) is 5.75 Å². The Hall–Kier alpha value is -4.00. The highest BCUT2D eigenvalue weighted by molar-refractivity contribution is 7.89. The van der Waals surface area contributed by atoms with Gasteiger partial charge in [-0.3, -0.25) is 10.0 Å². The highest BCUT2D eigenvalue weighted by Crippen LogP contribution is 2.28. The third-order valence-electron chi connectivity index (χ3n) is 5.12. The average Bonchev–Trinajstić information content (AvgIpc) is 3.59. The topological polar surface area (TPSA) is 140 Å². The molecule has 4 rings (SSSR count). The number of nitrogens with one attached hydrogen (secondary N) is 1. The van der Waals surface area contributed by atoms with E-state index in [1.807, 2.05) is 0 Å². The van der Waals surface area contributed by atoms with Crippen molar-refractivity contribution in [2.24, 2.45) is 0 Å². The molecule has 12 heteroatoms. The molecule has 182 valence electrons. The van der Waals surface area contributed by atoms with Gasteiger partial charge in [-0.1, -0.05) is 24.3 Å². The predicted molar refractivity (Wildman–Crippen MR) is 123 cm³/mol. The van der Waals surface area contributed by atoms with Gasteiger partial charge in [-0.2, -0.15) is 9.40 Å². The quantitative estimate of drug-likeness (QED) is 0.237. The summed E-state index contributed by atoms with van der Waals surface area (Å²) in [7, 11) is -4.18. The zero-order valence-electron chi connectivity index (χ0n) is 18.5. The van der Waals surface area contributed by atoms with Crippen LogP contribution in [0.15, 0.2) is 89.1 Å². The lowest BCUT2D eigenvalue weighted by atomic mass is 10.2. The second-order valence-corrected chi connectivity index (χ2v) is 9.40. The number of nitrogens with zero attached hydrogens (tertiary/aromatic N) is 4. The van der Waals surface area contributed by atoms with Crippen LogP contribution in [0.3, 0.4) is 0 Å². The molecule has 0 aliphatic heterocycles. The van der Waals surface area contributed by atoms with Crippen molar-refractivity contribution < 1.29 is 27.6 Å². The number of ether oxygens (including phenoxy) is 1. The van der Waals surface area contributed by atoms with Crippen LogP contribution in [0, 0.1) is 0 Å². The van der Waals surface area contributed by atoms with E-state index in [1.54, 1.807) is 72.1 Å². The molecule has 35 heavy (non-hydrogen) atoms. The van der Waals surface area contributed by atoms with E-state index in [1.165, 1.54) is 17.9 Å². The molecule has 0 bridgehead atoms. The highest BCUT2D eigenvalue weighted by atomic mass is 32.2. The Balaban J connectivity index is 1.56. The first kappa shape index (κ1) is 24.1. The van der Waals surface area contributed by atoms with E-state index in [-0.39, 0.29) is 23.8 Å². The third kappa shape index (κ3) is 5.93. The largest absolute Gasteiger partial charge is 0.492 e. The van der Waals surface area contributed by atoms with Crippen molar-refractivity contribution in [2.45, 2.75) is 17.9 Å². The number of furan rings is 1. The van der Waals surface area contributed by atoms with Gasteiger partial charge in [-0.15, -0.1) is 0 Å². The summed E-state index contributed by atoms with van der Waals surface area (Å²) >= 11 is 0. The summed E-state index contributed by atoms with van der Waals surface area (Å²) in [5, 5.41) is 13.1. The monoisotopic (exact) mass is 497 g/mol. The van der Waals surface area contributed by atoms with Crippen LogP contribution in [0.2, 0.25) is 0 Å². The molecule has 2 aromatic heterocycles. The van der Waals surface area contributed by atoms with Gasteiger partial charge in [0.25, 0.3) is 5.91 Å². The average molecular weight is 498 g/mol. The Morgan fingerprint density at radius 1 is 1.11 bits per heavy atom. The fraction of sp³-hybridized carbons (Fsp3) is 0.174.